The molecule has 0 aliphatic heterocycles. The summed E-state index contributed by atoms with van der Waals surface area (Å²) in [5.74, 6) is -0.781. The van der Waals surface area contributed by atoms with Gasteiger partial charge in [-0.2, -0.15) is 0 Å². The van der Waals surface area contributed by atoms with Crippen molar-refractivity contribution in [1.82, 2.24) is 10.2 Å². The molecule has 1 N–H and O–H groups in total. The Morgan fingerprint density at radius 2 is 1.38 bits per heavy atom. The average Bonchev–Trinajstić information content (AvgIpc) is 3.03. The number of carbonyl (C=O) groups is 2. The normalized spacial score (nSPS) is 12.6. The number of halogens is 1. The highest BCUT2D eigenvalue weighted by molar-refractivity contribution is 9.10. The second kappa shape index (κ2) is 15.4. The van der Waals surface area contributed by atoms with Crippen LogP contribution in [0.15, 0.2) is 112 Å². The van der Waals surface area contributed by atoms with E-state index in [1.807, 2.05) is 94.4 Å². The highest BCUT2D eigenvalue weighted by atomic mass is 79.9. The molecule has 0 spiro atoms. The molecule has 0 radical (unpaired) electrons. The molecule has 7 nitrogen and oxygen atoms in total. The number of carbonyl (C=O) groups excluding carboxylic acids is 2. The van der Waals surface area contributed by atoms with E-state index in [1.165, 1.54) is 4.90 Å². The second-order valence-electron chi connectivity index (χ2n) is 11.3. The lowest BCUT2D eigenvalue weighted by molar-refractivity contribution is -0.140. The van der Waals surface area contributed by atoms with Gasteiger partial charge in [-0.15, -0.1) is 0 Å². The lowest BCUT2D eigenvalue weighted by Gasteiger charge is -2.34. The number of hydrogen-bond acceptors (Lipinski definition) is 4. The minimum atomic E-state index is -4.14. The Kier molecular flexibility index (Phi) is 11.6. The maximum Gasteiger partial charge on any atom is 0.264 e. The maximum absolute atomic E-state index is 14.5. The Balaban J connectivity index is 1.80. The van der Waals surface area contributed by atoms with Crippen LogP contribution in [0.4, 0.5) is 5.69 Å². The summed E-state index contributed by atoms with van der Waals surface area (Å²) in [5.41, 5.74) is 3.94. The standard InChI is InChI=1S/C36H40BrN3O4S/c1-5-28(4)38-36(42)34(23-29-9-7-6-8-10-29)39(24-30-15-17-31(37)18-16-30)35(41)25-40(32-19-11-26(2)12-20-32)45(43,44)33-21-13-27(3)14-22-33/h6-22,28,34H,5,23-25H2,1-4H3,(H,38,42)/t28-,34-/m0/s1. The highest BCUT2D eigenvalue weighted by Gasteiger charge is 2.35. The molecule has 0 aliphatic rings. The molecule has 0 saturated carbocycles. The predicted octanol–water partition coefficient (Wildman–Crippen LogP) is 6.82. The fourth-order valence-electron chi connectivity index (χ4n) is 4.86. The number of rotatable bonds is 13. The van der Waals surface area contributed by atoms with Crippen LogP contribution in [0.5, 0.6) is 0 Å². The van der Waals surface area contributed by atoms with E-state index in [4.69, 9.17) is 0 Å². The lowest BCUT2D eigenvalue weighted by atomic mass is 10.0. The SMILES string of the molecule is CC[C@H](C)NC(=O)[C@H](Cc1ccccc1)N(Cc1ccc(Br)cc1)C(=O)CN(c1ccc(C)cc1)S(=O)(=O)c1ccc(C)cc1. The van der Waals surface area contributed by atoms with Crippen molar-refractivity contribution in [3.8, 4) is 0 Å². The molecular weight excluding hydrogens is 650 g/mol. The van der Waals surface area contributed by atoms with Gasteiger partial charge in [0.15, 0.2) is 0 Å². The summed E-state index contributed by atoms with van der Waals surface area (Å²) in [6.45, 7) is 7.33. The topological polar surface area (TPSA) is 86.8 Å². The van der Waals surface area contributed by atoms with E-state index >= 15 is 0 Å². The van der Waals surface area contributed by atoms with E-state index in [2.05, 4.69) is 21.2 Å². The first-order valence-corrected chi connectivity index (χ1v) is 17.3. The third-order valence-corrected chi connectivity index (χ3v) is 10.1. The smallest absolute Gasteiger partial charge is 0.264 e. The molecule has 0 saturated heterocycles. The summed E-state index contributed by atoms with van der Waals surface area (Å²) < 4.78 is 30.3. The van der Waals surface area contributed by atoms with Crippen molar-refractivity contribution < 1.29 is 18.0 Å². The van der Waals surface area contributed by atoms with Crippen LogP contribution in [0.2, 0.25) is 0 Å². The predicted molar refractivity (Wildman–Crippen MR) is 183 cm³/mol. The molecule has 0 fully saturated rings. The van der Waals surface area contributed by atoms with Crippen molar-refractivity contribution in [2.24, 2.45) is 0 Å². The van der Waals surface area contributed by atoms with Crippen molar-refractivity contribution in [2.45, 2.75) is 64.1 Å². The highest BCUT2D eigenvalue weighted by Crippen LogP contribution is 2.26. The monoisotopic (exact) mass is 689 g/mol. The summed E-state index contributed by atoms with van der Waals surface area (Å²) >= 11 is 3.47. The molecule has 0 unspecified atom stereocenters. The summed E-state index contributed by atoms with van der Waals surface area (Å²) in [5, 5.41) is 3.06. The van der Waals surface area contributed by atoms with Gasteiger partial charge in [0.25, 0.3) is 10.0 Å². The minimum absolute atomic E-state index is 0.0799. The van der Waals surface area contributed by atoms with Gasteiger partial charge in [0, 0.05) is 23.5 Å². The van der Waals surface area contributed by atoms with Gasteiger partial charge in [0.05, 0.1) is 10.6 Å². The molecule has 4 aromatic rings. The Bertz CT molecular complexity index is 1680. The second-order valence-corrected chi connectivity index (χ2v) is 14.1. The zero-order valence-corrected chi connectivity index (χ0v) is 28.5. The summed E-state index contributed by atoms with van der Waals surface area (Å²) in [6.07, 6.45) is 0.987. The number of nitrogens with one attached hydrogen (secondary N) is 1. The Morgan fingerprint density at radius 3 is 1.96 bits per heavy atom. The molecule has 0 bridgehead atoms. The third-order valence-electron chi connectivity index (χ3n) is 7.75. The van der Waals surface area contributed by atoms with Gasteiger partial charge in [0.2, 0.25) is 11.8 Å². The molecule has 2 amide bonds. The first kappa shape index (κ1) is 33.9. The van der Waals surface area contributed by atoms with Crippen LogP contribution in [0.25, 0.3) is 0 Å². The van der Waals surface area contributed by atoms with Crippen molar-refractivity contribution in [2.75, 3.05) is 10.8 Å². The lowest BCUT2D eigenvalue weighted by Crippen LogP contribution is -2.54. The zero-order valence-electron chi connectivity index (χ0n) is 26.1. The average molecular weight is 691 g/mol. The van der Waals surface area contributed by atoms with Crippen molar-refractivity contribution >= 4 is 43.5 Å². The number of sulfonamides is 1. The molecule has 0 aliphatic carbocycles. The molecule has 4 aromatic carbocycles. The van der Waals surface area contributed by atoms with E-state index in [0.29, 0.717) is 5.69 Å². The van der Waals surface area contributed by atoms with Gasteiger partial charge in [0.1, 0.15) is 12.6 Å². The van der Waals surface area contributed by atoms with Crippen molar-refractivity contribution in [3.63, 3.8) is 0 Å². The first-order chi connectivity index (χ1) is 21.5. The van der Waals surface area contributed by atoms with Gasteiger partial charge in [-0.05, 0) is 74.7 Å². The van der Waals surface area contributed by atoms with E-state index in [9.17, 15) is 18.0 Å². The summed E-state index contributed by atoms with van der Waals surface area (Å²) in [4.78, 5) is 30.0. The molecule has 2 atom stereocenters. The van der Waals surface area contributed by atoms with E-state index < -0.39 is 28.5 Å². The molecule has 9 heteroatoms. The van der Waals surface area contributed by atoms with Gasteiger partial charge >= 0.3 is 0 Å². The van der Waals surface area contributed by atoms with Crippen molar-refractivity contribution in [1.29, 1.82) is 0 Å². The Morgan fingerprint density at radius 1 is 0.800 bits per heavy atom. The van der Waals surface area contributed by atoms with Crippen molar-refractivity contribution in [3.05, 3.63) is 130 Å². The molecule has 0 aromatic heterocycles. The van der Waals surface area contributed by atoms with Crippen LogP contribution in [-0.2, 0) is 32.6 Å². The molecule has 0 heterocycles. The molecular formula is C36H40BrN3O4S. The number of amides is 2. The van der Waals surface area contributed by atoms with E-state index in [1.54, 1.807) is 36.4 Å². The molecule has 4 rings (SSSR count). The van der Waals surface area contributed by atoms with Gasteiger partial charge < -0.3 is 10.2 Å². The zero-order chi connectivity index (χ0) is 32.6. The van der Waals surface area contributed by atoms with Crippen LogP contribution in [0, 0.1) is 13.8 Å². The van der Waals surface area contributed by atoms with Gasteiger partial charge in [-0.25, -0.2) is 8.42 Å². The maximum atomic E-state index is 14.5. The quantitative estimate of drug-likeness (QED) is 0.167. The summed E-state index contributed by atoms with van der Waals surface area (Å²) in [7, 11) is -4.14. The van der Waals surface area contributed by atoms with Crippen LogP contribution in [0.1, 0.15) is 42.5 Å². The largest absolute Gasteiger partial charge is 0.352 e. The minimum Gasteiger partial charge on any atom is -0.352 e. The molecule has 236 valence electrons. The number of nitrogens with zero attached hydrogens (tertiary/aromatic N) is 2. The Labute approximate surface area is 275 Å². The first-order valence-electron chi connectivity index (χ1n) is 15.0. The number of hydrogen-bond donors (Lipinski definition) is 1. The number of aryl methyl sites for hydroxylation is 2. The third kappa shape index (κ3) is 9.05. The van der Waals surface area contributed by atoms with Gasteiger partial charge in [-0.1, -0.05) is 101 Å². The Hall–Kier alpha value is -3.95. The van der Waals surface area contributed by atoms with Crippen LogP contribution in [0.3, 0.4) is 0 Å². The van der Waals surface area contributed by atoms with E-state index in [-0.39, 0.29) is 29.8 Å². The van der Waals surface area contributed by atoms with Crippen LogP contribution >= 0.6 is 15.9 Å². The van der Waals surface area contributed by atoms with Gasteiger partial charge in [-0.3, -0.25) is 13.9 Å². The summed E-state index contributed by atoms with van der Waals surface area (Å²) in [6, 6.07) is 29.7. The number of anilines is 1. The fourth-order valence-corrected chi connectivity index (χ4v) is 6.54. The fraction of sp³-hybridized carbons (Fsp3) is 0.278. The number of benzene rings is 4. The van der Waals surface area contributed by atoms with E-state index in [0.717, 1.165) is 37.5 Å². The van der Waals surface area contributed by atoms with Crippen LogP contribution < -0.4 is 9.62 Å². The van der Waals surface area contributed by atoms with Crippen LogP contribution in [-0.4, -0.2) is 43.8 Å². The molecule has 45 heavy (non-hydrogen) atoms.